The van der Waals surface area contributed by atoms with Gasteiger partial charge in [0.1, 0.15) is 0 Å². The van der Waals surface area contributed by atoms with Gasteiger partial charge in [-0.1, -0.05) is 0 Å². The van der Waals surface area contributed by atoms with Gasteiger partial charge in [0, 0.05) is 5.69 Å². The number of rotatable bonds is 4. The van der Waals surface area contributed by atoms with Crippen LogP contribution in [0.5, 0.6) is 0 Å². The topological polar surface area (TPSA) is 80.0 Å². The van der Waals surface area contributed by atoms with Crippen molar-refractivity contribution in [2.24, 2.45) is 0 Å². The van der Waals surface area contributed by atoms with Crippen LogP contribution in [0.4, 0.5) is 30.5 Å². The maximum Gasteiger partial charge on any atom is 0.416 e. The second-order valence-corrected chi connectivity index (χ2v) is 4.94. The van der Waals surface area contributed by atoms with E-state index in [1.54, 1.807) is 6.07 Å². The maximum atomic E-state index is 12.5. The average Bonchev–Trinajstić information content (AvgIpc) is 3.11. The largest absolute Gasteiger partial charge is 0.459 e. The van der Waals surface area contributed by atoms with Gasteiger partial charge in [-0.2, -0.15) is 13.2 Å². The fourth-order valence-electron chi connectivity index (χ4n) is 1.94. The monoisotopic (exact) mass is 348 g/mol. The van der Waals surface area contributed by atoms with Crippen molar-refractivity contribution in [1.82, 2.24) is 10.2 Å². The quantitative estimate of drug-likeness (QED) is 0.742. The molecule has 0 aliphatic rings. The van der Waals surface area contributed by atoms with Crippen molar-refractivity contribution in [1.29, 1.82) is 0 Å². The molecule has 2 heterocycles. The van der Waals surface area contributed by atoms with Crippen molar-refractivity contribution in [3.05, 3.63) is 66.1 Å². The van der Waals surface area contributed by atoms with Crippen molar-refractivity contribution >= 4 is 23.2 Å². The number of anilines is 3. The zero-order chi connectivity index (χ0) is 17.9. The molecule has 0 aliphatic heterocycles. The standard InChI is InChI=1S/C16H11F3N4O2/c17-16(18,19)10-3-5-11(6-4-10)20-13-7-8-14(23-22-13)21-15(24)12-2-1-9-25-12/h1-9H,(H,20,22)(H,21,23,24). The molecule has 2 aromatic heterocycles. The minimum absolute atomic E-state index is 0.133. The van der Waals surface area contributed by atoms with Gasteiger partial charge < -0.3 is 15.1 Å². The predicted octanol–water partition coefficient (Wildman–Crippen LogP) is 4.08. The lowest BCUT2D eigenvalue weighted by atomic mass is 10.2. The molecule has 0 unspecified atom stereocenters. The number of nitrogens with zero attached hydrogens (tertiary/aromatic N) is 2. The van der Waals surface area contributed by atoms with E-state index in [2.05, 4.69) is 20.8 Å². The fraction of sp³-hybridized carbons (Fsp3) is 0.0625. The lowest BCUT2D eigenvalue weighted by Gasteiger charge is -2.09. The highest BCUT2D eigenvalue weighted by Gasteiger charge is 2.29. The van der Waals surface area contributed by atoms with Gasteiger partial charge >= 0.3 is 6.18 Å². The first kappa shape index (κ1) is 16.5. The smallest absolute Gasteiger partial charge is 0.416 e. The number of furan rings is 1. The second kappa shape index (κ2) is 6.63. The number of hydrogen-bond acceptors (Lipinski definition) is 5. The van der Waals surface area contributed by atoms with Crippen molar-refractivity contribution in [2.45, 2.75) is 6.18 Å². The van der Waals surface area contributed by atoms with Crippen LogP contribution in [0.15, 0.2) is 59.2 Å². The van der Waals surface area contributed by atoms with Crippen LogP contribution in [0.25, 0.3) is 0 Å². The molecule has 128 valence electrons. The second-order valence-electron chi connectivity index (χ2n) is 4.94. The molecule has 0 atom stereocenters. The maximum absolute atomic E-state index is 12.5. The van der Waals surface area contributed by atoms with Crippen LogP contribution >= 0.6 is 0 Å². The number of carbonyl (C=O) groups excluding carboxylic acids is 1. The number of carbonyl (C=O) groups is 1. The molecular weight excluding hydrogens is 337 g/mol. The Labute approximate surface area is 139 Å². The van der Waals surface area contributed by atoms with Gasteiger partial charge in [-0.15, -0.1) is 10.2 Å². The van der Waals surface area contributed by atoms with Gasteiger partial charge in [-0.25, -0.2) is 0 Å². The molecule has 1 aromatic carbocycles. The van der Waals surface area contributed by atoms with E-state index >= 15 is 0 Å². The SMILES string of the molecule is O=C(Nc1ccc(Nc2ccc(C(F)(F)F)cc2)nn1)c1ccco1. The molecule has 2 N–H and O–H groups in total. The van der Waals surface area contributed by atoms with E-state index in [0.717, 1.165) is 12.1 Å². The summed E-state index contributed by atoms with van der Waals surface area (Å²) in [5, 5.41) is 13.0. The molecule has 0 saturated heterocycles. The Morgan fingerprint density at radius 2 is 1.64 bits per heavy atom. The van der Waals surface area contributed by atoms with E-state index in [-0.39, 0.29) is 11.6 Å². The molecule has 0 bridgehead atoms. The zero-order valence-corrected chi connectivity index (χ0v) is 12.5. The first-order chi connectivity index (χ1) is 11.9. The van der Waals surface area contributed by atoms with Gasteiger partial charge in [-0.3, -0.25) is 4.79 Å². The molecule has 0 fully saturated rings. The van der Waals surface area contributed by atoms with Crippen molar-refractivity contribution in [2.75, 3.05) is 10.6 Å². The molecule has 25 heavy (non-hydrogen) atoms. The number of alkyl halides is 3. The van der Waals surface area contributed by atoms with E-state index in [1.807, 2.05) is 0 Å². The minimum Gasteiger partial charge on any atom is -0.459 e. The molecule has 0 aliphatic carbocycles. The number of aromatic nitrogens is 2. The third-order valence-corrected chi connectivity index (χ3v) is 3.14. The van der Waals surface area contributed by atoms with Crippen molar-refractivity contribution in [3.63, 3.8) is 0 Å². The van der Waals surface area contributed by atoms with E-state index in [9.17, 15) is 18.0 Å². The highest BCUT2D eigenvalue weighted by molar-refractivity contribution is 6.01. The van der Waals surface area contributed by atoms with E-state index < -0.39 is 17.6 Å². The van der Waals surface area contributed by atoms with Crippen LogP contribution in [0.3, 0.4) is 0 Å². The minimum atomic E-state index is -4.38. The number of hydrogen-bond donors (Lipinski definition) is 2. The summed E-state index contributed by atoms with van der Waals surface area (Å²) in [7, 11) is 0. The number of halogens is 3. The lowest BCUT2D eigenvalue weighted by molar-refractivity contribution is -0.137. The Kier molecular flexibility index (Phi) is 4.38. The molecule has 9 heteroatoms. The van der Waals surface area contributed by atoms with Gasteiger partial charge in [0.25, 0.3) is 5.91 Å². The first-order valence-corrected chi connectivity index (χ1v) is 7.05. The fourth-order valence-corrected chi connectivity index (χ4v) is 1.94. The normalized spacial score (nSPS) is 11.2. The summed E-state index contributed by atoms with van der Waals surface area (Å²) in [5.41, 5.74) is -0.310. The Balaban J connectivity index is 1.63. The van der Waals surface area contributed by atoms with Crippen molar-refractivity contribution in [3.8, 4) is 0 Å². The molecule has 0 spiro atoms. The van der Waals surface area contributed by atoms with Crippen LogP contribution in [0.2, 0.25) is 0 Å². The van der Waals surface area contributed by atoms with E-state index in [1.165, 1.54) is 36.6 Å². The third-order valence-electron chi connectivity index (χ3n) is 3.14. The lowest BCUT2D eigenvalue weighted by Crippen LogP contribution is -2.12. The highest BCUT2D eigenvalue weighted by atomic mass is 19.4. The number of nitrogens with one attached hydrogen (secondary N) is 2. The van der Waals surface area contributed by atoms with Crippen LogP contribution < -0.4 is 10.6 Å². The molecule has 0 saturated carbocycles. The molecule has 0 radical (unpaired) electrons. The van der Waals surface area contributed by atoms with Gasteiger partial charge in [-0.05, 0) is 48.5 Å². The van der Waals surface area contributed by atoms with E-state index in [4.69, 9.17) is 4.42 Å². The Morgan fingerprint density at radius 3 is 2.20 bits per heavy atom. The van der Waals surface area contributed by atoms with Gasteiger partial charge in [0.2, 0.25) is 0 Å². The predicted molar refractivity (Wildman–Crippen MR) is 83.4 cm³/mol. The number of benzene rings is 1. The van der Waals surface area contributed by atoms with E-state index in [0.29, 0.717) is 11.5 Å². The van der Waals surface area contributed by atoms with Crippen LogP contribution in [-0.4, -0.2) is 16.1 Å². The molecule has 1 amide bonds. The Hall–Kier alpha value is -3.36. The first-order valence-electron chi connectivity index (χ1n) is 7.05. The number of amides is 1. The zero-order valence-electron chi connectivity index (χ0n) is 12.5. The van der Waals surface area contributed by atoms with Gasteiger partial charge in [0.05, 0.1) is 11.8 Å². The third kappa shape index (κ3) is 4.14. The summed E-state index contributed by atoms with van der Waals surface area (Å²) in [4.78, 5) is 11.8. The Morgan fingerprint density at radius 1 is 0.960 bits per heavy atom. The molecule has 3 rings (SSSR count). The average molecular weight is 348 g/mol. The van der Waals surface area contributed by atoms with Crippen molar-refractivity contribution < 1.29 is 22.4 Å². The summed E-state index contributed by atoms with van der Waals surface area (Å²) in [5.74, 6) is 0.187. The molecule has 3 aromatic rings. The molecular formula is C16H11F3N4O2. The summed E-state index contributed by atoms with van der Waals surface area (Å²) in [6.07, 6.45) is -3.01. The summed E-state index contributed by atoms with van der Waals surface area (Å²) >= 11 is 0. The van der Waals surface area contributed by atoms with Crippen LogP contribution in [-0.2, 0) is 6.18 Å². The molecule has 6 nitrogen and oxygen atoms in total. The van der Waals surface area contributed by atoms with Crippen LogP contribution in [0, 0.1) is 0 Å². The summed E-state index contributed by atoms with van der Waals surface area (Å²) in [6, 6.07) is 10.6. The van der Waals surface area contributed by atoms with Gasteiger partial charge in [0.15, 0.2) is 17.4 Å². The van der Waals surface area contributed by atoms with Crippen LogP contribution in [0.1, 0.15) is 16.1 Å². The Bertz CT molecular complexity index is 845. The highest BCUT2D eigenvalue weighted by Crippen LogP contribution is 2.30. The summed E-state index contributed by atoms with van der Waals surface area (Å²) < 4.78 is 42.5. The summed E-state index contributed by atoms with van der Waals surface area (Å²) in [6.45, 7) is 0.